The van der Waals surface area contributed by atoms with Gasteiger partial charge in [0.1, 0.15) is 0 Å². The topological polar surface area (TPSA) is 46.0 Å². The van der Waals surface area contributed by atoms with Gasteiger partial charge in [0, 0.05) is 30.3 Å². The summed E-state index contributed by atoms with van der Waals surface area (Å²) in [5.74, 6) is 0. The van der Waals surface area contributed by atoms with Crippen molar-refractivity contribution in [1.82, 2.24) is 24.8 Å². The molecule has 27 heavy (non-hydrogen) atoms. The van der Waals surface area contributed by atoms with Gasteiger partial charge in [-0.1, -0.05) is 12.1 Å². The van der Waals surface area contributed by atoms with Gasteiger partial charge in [0.15, 0.2) is 5.11 Å². The number of aromatic nitrogens is 3. The summed E-state index contributed by atoms with van der Waals surface area (Å²) in [6, 6.07) is 16.7. The highest BCUT2D eigenvalue weighted by atomic mass is 32.1. The molecule has 0 amide bonds. The van der Waals surface area contributed by atoms with E-state index in [0.29, 0.717) is 12.6 Å². The van der Waals surface area contributed by atoms with Crippen LogP contribution >= 0.6 is 12.2 Å². The Kier molecular flexibility index (Phi) is 4.90. The van der Waals surface area contributed by atoms with Crippen molar-refractivity contribution in [3.63, 3.8) is 0 Å². The molecule has 4 rings (SSSR count). The molecule has 1 saturated heterocycles. The first kappa shape index (κ1) is 17.7. The van der Waals surface area contributed by atoms with Gasteiger partial charge in [-0.3, -0.25) is 9.97 Å². The van der Waals surface area contributed by atoms with Gasteiger partial charge in [0.2, 0.25) is 0 Å². The molecule has 2 atom stereocenters. The predicted octanol–water partition coefficient (Wildman–Crippen LogP) is 4.03. The van der Waals surface area contributed by atoms with Crippen LogP contribution in [0.3, 0.4) is 0 Å². The van der Waals surface area contributed by atoms with Crippen LogP contribution in [0.4, 0.5) is 0 Å². The summed E-state index contributed by atoms with van der Waals surface area (Å²) >= 11 is 5.73. The van der Waals surface area contributed by atoms with Gasteiger partial charge in [-0.25, -0.2) is 0 Å². The Bertz CT molecular complexity index is 907. The average Bonchev–Trinajstić information content (AvgIpc) is 3.28. The first-order valence-corrected chi connectivity index (χ1v) is 9.60. The van der Waals surface area contributed by atoms with Crippen LogP contribution in [-0.2, 0) is 6.54 Å². The summed E-state index contributed by atoms with van der Waals surface area (Å²) in [5.41, 5.74) is 3.21. The van der Waals surface area contributed by atoms with Crippen LogP contribution < -0.4 is 5.32 Å². The van der Waals surface area contributed by atoms with E-state index in [-0.39, 0.29) is 12.1 Å². The minimum atomic E-state index is -0.00480. The molecular weight excluding hydrogens is 354 g/mol. The van der Waals surface area contributed by atoms with E-state index in [1.165, 1.54) is 5.69 Å². The number of hydrogen-bond acceptors (Lipinski definition) is 3. The van der Waals surface area contributed by atoms with Gasteiger partial charge in [-0.05, 0) is 62.5 Å². The minimum absolute atomic E-state index is 0.00480. The minimum Gasteiger partial charge on any atom is -0.352 e. The molecule has 0 bridgehead atoms. The van der Waals surface area contributed by atoms with E-state index in [4.69, 9.17) is 12.2 Å². The number of rotatable bonds is 5. The second-order valence-corrected chi connectivity index (χ2v) is 7.40. The van der Waals surface area contributed by atoms with Crippen molar-refractivity contribution < 1.29 is 0 Å². The third-order valence-electron chi connectivity index (χ3n) is 4.93. The standard InChI is InChI=1S/C21H23N5S/c1-15(2)25-13-7-10-18(25)20-19(17-9-4-6-12-23-17)24-21(27)26(20)14-16-8-3-5-11-22-16/h3-13,15,19-20H,14H2,1-2H3,(H,24,27)/t19-,20-/m0/s1. The van der Waals surface area contributed by atoms with Crippen molar-refractivity contribution in [3.8, 4) is 0 Å². The summed E-state index contributed by atoms with van der Waals surface area (Å²) in [7, 11) is 0. The van der Waals surface area contributed by atoms with Crippen LogP contribution in [0, 0.1) is 0 Å². The van der Waals surface area contributed by atoms with Crippen LogP contribution in [0.15, 0.2) is 67.1 Å². The molecule has 0 aromatic carbocycles. The lowest BCUT2D eigenvalue weighted by Crippen LogP contribution is -2.30. The third kappa shape index (κ3) is 3.45. The van der Waals surface area contributed by atoms with Crippen LogP contribution in [0.5, 0.6) is 0 Å². The molecule has 1 aliphatic heterocycles. The van der Waals surface area contributed by atoms with Crippen molar-refractivity contribution in [2.45, 2.75) is 38.5 Å². The summed E-state index contributed by atoms with van der Waals surface area (Å²) in [6.07, 6.45) is 5.79. The Morgan fingerprint density at radius 1 is 1.04 bits per heavy atom. The van der Waals surface area contributed by atoms with Gasteiger partial charge in [0.05, 0.1) is 30.0 Å². The lowest BCUT2D eigenvalue weighted by atomic mass is 10.0. The fraction of sp³-hybridized carbons (Fsp3) is 0.286. The van der Waals surface area contributed by atoms with E-state index >= 15 is 0 Å². The maximum absolute atomic E-state index is 5.73. The zero-order chi connectivity index (χ0) is 18.8. The van der Waals surface area contributed by atoms with Crippen LogP contribution in [0.2, 0.25) is 0 Å². The second kappa shape index (κ2) is 7.48. The number of pyridine rings is 2. The molecule has 138 valence electrons. The molecule has 5 nitrogen and oxygen atoms in total. The monoisotopic (exact) mass is 377 g/mol. The summed E-state index contributed by atoms with van der Waals surface area (Å²) in [5, 5.41) is 4.23. The van der Waals surface area contributed by atoms with Gasteiger partial charge in [-0.15, -0.1) is 0 Å². The quantitative estimate of drug-likeness (QED) is 0.680. The van der Waals surface area contributed by atoms with E-state index in [2.05, 4.69) is 63.0 Å². The molecule has 0 radical (unpaired) electrons. The van der Waals surface area contributed by atoms with Crippen molar-refractivity contribution >= 4 is 17.3 Å². The maximum Gasteiger partial charge on any atom is 0.170 e. The smallest absolute Gasteiger partial charge is 0.170 e. The highest BCUT2D eigenvalue weighted by Gasteiger charge is 2.41. The second-order valence-electron chi connectivity index (χ2n) is 7.01. The lowest BCUT2D eigenvalue weighted by molar-refractivity contribution is 0.291. The first-order chi connectivity index (χ1) is 13.1. The van der Waals surface area contributed by atoms with E-state index < -0.39 is 0 Å². The van der Waals surface area contributed by atoms with Gasteiger partial charge < -0.3 is 14.8 Å². The Labute approximate surface area is 165 Å². The number of hydrogen-bond donors (Lipinski definition) is 1. The summed E-state index contributed by atoms with van der Waals surface area (Å²) in [6.45, 7) is 5.05. The van der Waals surface area contributed by atoms with E-state index in [0.717, 1.165) is 16.5 Å². The number of nitrogens with one attached hydrogen (secondary N) is 1. The van der Waals surface area contributed by atoms with E-state index in [1.807, 2.05) is 42.7 Å². The fourth-order valence-electron chi connectivity index (χ4n) is 3.69. The Morgan fingerprint density at radius 2 is 1.81 bits per heavy atom. The number of thiocarbonyl (C=S) groups is 1. The molecule has 4 heterocycles. The molecule has 1 aliphatic rings. The normalized spacial score (nSPS) is 19.5. The molecule has 6 heteroatoms. The molecule has 1 N–H and O–H groups in total. The van der Waals surface area contributed by atoms with Crippen molar-refractivity contribution in [1.29, 1.82) is 0 Å². The molecule has 0 spiro atoms. The highest BCUT2D eigenvalue weighted by Crippen LogP contribution is 2.40. The molecule has 3 aromatic heterocycles. The van der Waals surface area contributed by atoms with Gasteiger partial charge in [-0.2, -0.15) is 0 Å². The molecular formula is C21H23N5S. The zero-order valence-electron chi connectivity index (χ0n) is 15.5. The van der Waals surface area contributed by atoms with Gasteiger partial charge >= 0.3 is 0 Å². The lowest BCUT2D eigenvalue weighted by Gasteiger charge is -2.29. The van der Waals surface area contributed by atoms with Crippen molar-refractivity contribution in [3.05, 3.63) is 84.2 Å². The molecule has 0 unspecified atom stereocenters. The largest absolute Gasteiger partial charge is 0.352 e. The van der Waals surface area contributed by atoms with Crippen LogP contribution in [-0.4, -0.2) is 24.5 Å². The Morgan fingerprint density at radius 3 is 2.48 bits per heavy atom. The van der Waals surface area contributed by atoms with Crippen LogP contribution in [0.1, 0.15) is 49.1 Å². The van der Waals surface area contributed by atoms with Crippen LogP contribution in [0.25, 0.3) is 0 Å². The molecule has 3 aromatic rings. The Hall–Kier alpha value is -2.73. The SMILES string of the molecule is CC(C)n1cccc1[C@H]1[C@H](c2ccccn2)NC(=S)N1Cc1ccccn1. The molecule has 0 aliphatic carbocycles. The van der Waals surface area contributed by atoms with Crippen molar-refractivity contribution in [2.24, 2.45) is 0 Å². The predicted molar refractivity (Wildman–Crippen MR) is 110 cm³/mol. The molecule has 0 saturated carbocycles. The van der Waals surface area contributed by atoms with Crippen molar-refractivity contribution in [2.75, 3.05) is 0 Å². The number of nitrogens with zero attached hydrogens (tertiary/aromatic N) is 4. The van der Waals surface area contributed by atoms with Gasteiger partial charge in [0.25, 0.3) is 0 Å². The van der Waals surface area contributed by atoms with E-state index in [1.54, 1.807) is 0 Å². The first-order valence-electron chi connectivity index (χ1n) is 9.20. The Balaban J connectivity index is 1.77. The highest BCUT2D eigenvalue weighted by molar-refractivity contribution is 7.80. The summed E-state index contributed by atoms with van der Waals surface area (Å²) in [4.78, 5) is 11.3. The zero-order valence-corrected chi connectivity index (χ0v) is 16.3. The maximum atomic E-state index is 5.73. The fourth-order valence-corrected chi connectivity index (χ4v) is 4.00. The summed E-state index contributed by atoms with van der Waals surface area (Å²) < 4.78 is 2.31. The van der Waals surface area contributed by atoms with E-state index in [9.17, 15) is 0 Å². The molecule has 1 fully saturated rings. The average molecular weight is 378 g/mol. The third-order valence-corrected chi connectivity index (χ3v) is 5.28.